The summed E-state index contributed by atoms with van der Waals surface area (Å²) in [5.74, 6) is 1.76. The second-order valence-corrected chi connectivity index (χ2v) is 12.7. The lowest BCUT2D eigenvalue weighted by Gasteiger charge is -2.36. The van der Waals surface area contributed by atoms with Crippen LogP contribution in [0.1, 0.15) is 56.8 Å². The van der Waals surface area contributed by atoms with Crippen LogP contribution in [0.4, 0.5) is 10.6 Å². The van der Waals surface area contributed by atoms with Crippen molar-refractivity contribution in [3.63, 3.8) is 0 Å². The molecule has 0 atom stereocenters. The lowest BCUT2D eigenvalue weighted by Crippen LogP contribution is -2.48. The molecule has 1 aliphatic heterocycles. The zero-order valence-electron chi connectivity index (χ0n) is 25.0. The molecule has 2 aromatic rings. The Morgan fingerprint density at radius 1 is 0.975 bits per heavy atom. The minimum absolute atomic E-state index is 0.0295. The van der Waals surface area contributed by atoms with Gasteiger partial charge in [0.25, 0.3) is 5.91 Å². The van der Waals surface area contributed by atoms with Crippen molar-refractivity contribution in [3.8, 4) is 0 Å². The fraction of sp³-hybridized carbons (Fsp3) is 0.645. The first-order valence-corrected chi connectivity index (χ1v) is 14.8. The molecule has 2 amide bonds. The van der Waals surface area contributed by atoms with Gasteiger partial charge in [-0.05, 0) is 84.5 Å². The topological polar surface area (TPSA) is 90.0 Å². The summed E-state index contributed by atoms with van der Waals surface area (Å²) < 4.78 is 5.35. The summed E-state index contributed by atoms with van der Waals surface area (Å²) in [6.45, 7) is 12.9. The van der Waals surface area contributed by atoms with Gasteiger partial charge in [-0.3, -0.25) is 9.69 Å². The molecule has 0 unspecified atom stereocenters. The minimum atomic E-state index is -0.485. The smallest absolute Gasteiger partial charge is 0.407 e. The van der Waals surface area contributed by atoms with Crippen LogP contribution >= 0.6 is 0 Å². The highest BCUT2D eigenvalue weighted by molar-refractivity contribution is 6.07. The van der Waals surface area contributed by atoms with Gasteiger partial charge in [0.05, 0.1) is 11.1 Å². The number of para-hydroxylation sites is 1. The highest BCUT2D eigenvalue weighted by atomic mass is 16.6. The number of ether oxygens (including phenoxy) is 1. The van der Waals surface area contributed by atoms with E-state index in [-0.39, 0.29) is 12.0 Å². The molecule has 2 heterocycles. The Kier molecular flexibility index (Phi) is 10.2. The number of alkyl carbamates (subject to hydrolysis) is 1. The molecule has 4 rings (SSSR count). The number of aromatic nitrogens is 1. The molecule has 1 aliphatic carbocycles. The molecule has 9 nitrogen and oxygen atoms in total. The van der Waals surface area contributed by atoms with E-state index in [1.54, 1.807) is 0 Å². The largest absolute Gasteiger partial charge is 0.444 e. The first kappa shape index (κ1) is 30.1. The van der Waals surface area contributed by atoms with Crippen LogP contribution in [-0.4, -0.2) is 98.8 Å². The van der Waals surface area contributed by atoms with Crippen LogP contribution in [0.3, 0.4) is 0 Å². The standard InChI is InChI=1S/C31H48N6O3/c1-31(2,3)40-30(39)33-22-24-12-10-23(11-13-24)21-32-29(38)26-20-28(34-27-9-7-6-8-25(26)27)37-18-16-36(17-19-37)15-14-35(4)5/h6-9,20,23-24H,10-19,21-22H2,1-5H3,(H,32,38)(H,33,39). The second kappa shape index (κ2) is 13.6. The molecular weight excluding hydrogens is 504 g/mol. The summed E-state index contributed by atoms with van der Waals surface area (Å²) in [7, 11) is 4.22. The molecule has 2 aliphatic rings. The van der Waals surface area contributed by atoms with Gasteiger partial charge in [-0.2, -0.15) is 0 Å². The Balaban J connectivity index is 1.30. The predicted octanol–water partition coefficient (Wildman–Crippen LogP) is 3.98. The van der Waals surface area contributed by atoms with E-state index in [1.807, 2.05) is 51.1 Å². The number of fused-ring (bicyclic) bond motifs is 1. The lowest BCUT2D eigenvalue weighted by molar-refractivity contribution is 0.0512. The summed E-state index contributed by atoms with van der Waals surface area (Å²) in [6.07, 6.45) is 3.82. The van der Waals surface area contributed by atoms with Crippen molar-refractivity contribution in [1.82, 2.24) is 25.4 Å². The van der Waals surface area contributed by atoms with Gasteiger partial charge in [0.15, 0.2) is 0 Å². The minimum Gasteiger partial charge on any atom is -0.444 e. The highest BCUT2D eigenvalue weighted by Gasteiger charge is 2.25. The summed E-state index contributed by atoms with van der Waals surface area (Å²) in [4.78, 5) is 37.4. The van der Waals surface area contributed by atoms with E-state index in [9.17, 15) is 9.59 Å². The normalized spacial score (nSPS) is 20.5. The quantitative estimate of drug-likeness (QED) is 0.486. The Morgan fingerprint density at radius 2 is 1.60 bits per heavy atom. The zero-order chi connectivity index (χ0) is 28.7. The molecule has 0 spiro atoms. The Hall–Kier alpha value is -2.91. The number of carbonyl (C=O) groups excluding carboxylic acids is 2. The van der Waals surface area contributed by atoms with Crippen molar-refractivity contribution in [2.24, 2.45) is 11.8 Å². The molecule has 9 heteroatoms. The van der Waals surface area contributed by atoms with Gasteiger partial charge in [-0.15, -0.1) is 0 Å². The number of benzene rings is 1. The number of likely N-dealkylation sites (N-methyl/N-ethyl adjacent to an activating group) is 1. The molecule has 1 saturated heterocycles. The fourth-order valence-electron chi connectivity index (χ4n) is 5.57. The van der Waals surface area contributed by atoms with Gasteiger partial charge in [0, 0.05) is 57.7 Å². The van der Waals surface area contributed by atoms with Crippen molar-refractivity contribution in [2.45, 2.75) is 52.1 Å². The number of pyridine rings is 1. The molecule has 1 aromatic carbocycles. The van der Waals surface area contributed by atoms with E-state index in [1.165, 1.54) is 0 Å². The first-order chi connectivity index (χ1) is 19.1. The van der Waals surface area contributed by atoms with Crippen molar-refractivity contribution in [2.75, 3.05) is 71.4 Å². The molecule has 1 aromatic heterocycles. The van der Waals surface area contributed by atoms with E-state index in [0.29, 0.717) is 30.5 Å². The Labute approximate surface area is 239 Å². The number of hydrogen-bond donors (Lipinski definition) is 2. The second-order valence-electron chi connectivity index (χ2n) is 12.7. The van der Waals surface area contributed by atoms with Crippen LogP contribution in [0.25, 0.3) is 10.9 Å². The first-order valence-electron chi connectivity index (χ1n) is 14.8. The van der Waals surface area contributed by atoms with Crippen LogP contribution in [0.2, 0.25) is 0 Å². The number of rotatable bonds is 9. The molecule has 0 bridgehead atoms. The average Bonchev–Trinajstić information content (AvgIpc) is 2.93. The van der Waals surface area contributed by atoms with Crippen LogP contribution < -0.4 is 15.5 Å². The number of nitrogens with one attached hydrogen (secondary N) is 2. The van der Waals surface area contributed by atoms with Gasteiger partial charge >= 0.3 is 6.09 Å². The third-order valence-corrected chi connectivity index (χ3v) is 7.96. The number of anilines is 1. The van der Waals surface area contributed by atoms with Gasteiger partial charge < -0.3 is 25.2 Å². The molecule has 40 heavy (non-hydrogen) atoms. The number of piperazine rings is 1. The SMILES string of the molecule is CN(C)CCN1CCN(c2cc(C(=O)NCC3CCC(CNC(=O)OC(C)(C)C)CC3)c3ccccc3n2)CC1. The molecular formula is C31H48N6O3. The van der Waals surface area contributed by atoms with E-state index in [2.05, 4.69) is 39.4 Å². The van der Waals surface area contributed by atoms with E-state index < -0.39 is 5.60 Å². The van der Waals surface area contributed by atoms with Crippen LogP contribution in [0, 0.1) is 11.8 Å². The van der Waals surface area contributed by atoms with Gasteiger partial charge in [-0.1, -0.05) is 18.2 Å². The van der Waals surface area contributed by atoms with Gasteiger partial charge in [0.2, 0.25) is 0 Å². The molecule has 1 saturated carbocycles. The maximum absolute atomic E-state index is 13.5. The summed E-state index contributed by atoms with van der Waals surface area (Å²) >= 11 is 0. The Bertz CT molecular complexity index is 1130. The van der Waals surface area contributed by atoms with Crippen molar-refractivity contribution in [1.29, 1.82) is 0 Å². The number of hydrogen-bond acceptors (Lipinski definition) is 7. The monoisotopic (exact) mass is 552 g/mol. The number of amides is 2. The van der Waals surface area contributed by atoms with Crippen molar-refractivity contribution in [3.05, 3.63) is 35.9 Å². The van der Waals surface area contributed by atoms with Crippen LogP contribution in [0.5, 0.6) is 0 Å². The van der Waals surface area contributed by atoms with E-state index in [4.69, 9.17) is 9.72 Å². The molecule has 2 N–H and O–H groups in total. The maximum atomic E-state index is 13.5. The number of carbonyl (C=O) groups is 2. The predicted molar refractivity (Wildman–Crippen MR) is 161 cm³/mol. The third kappa shape index (κ3) is 8.80. The van der Waals surface area contributed by atoms with Gasteiger partial charge in [-0.25, -0.2) is 9.78 Å². The number of nitrogens with zero attached hydrogens (tertiary/aromatic N) is 4. The molecule has 2 fully saturated rings. The van der Waals surface area contributed by atoms with Crippen LogP contribution in [-0.2, 0) is 4.74 Å². The van der Waals surface area contributed by atoms with Crippen molar-refractivity contribution < 1.29 is 14.3 Å². The van der Waals surface area contributed by atoms with Crippen molar-refractivity contribution >= 4 is 28.7 Å². The van der Waals surface area contributed by atoms with Crippen LogP contribution in [0.15, 0.2) is 30.3 Å². The molecule has 0 radical (unpaired) electrons. The summed E-state index contributed by atoms with van der Waals surface area (Å²) in [6, 6.07) is 9.91. The highest BCUT2D eigenvalue weighted by Crippen LogP contribution is 2.29. The third-order valence-electron chi connectivity index (χ3n) is 7.96. The average molecular weight is 553 g/mol. The van der Waals surface area contributed by atoms with E-state index >= 15 is 0 Å². The summed E-state index contributed by atoms with van der Waals surface area (Å²) in [5, 5.41) is 7.03. The van der Waals surface area contributed by atoms with Gasteiger partial charge in [0.1, 0.15) is 11.4 Å². The van der Waals surface area contributed by atoms with E-state index in [0.717, 1.165) is 81.7 Å². The summed E-state index contributed by atoms with van der Waals surface area (Å²) in [5.41, 5.74) is 1.07. The molecule has 220 valence electrons. The Morgan fingerprint density at radius 3 is 2.23 bits per heavy atom. The maximum Gasteiger partial charge on any atom is 0.407 e. The lowest BCUT2D eigenvalue weighted by atomic mass is 9.82. The zero-order valence-corrected chi connectivity index (χ0v) is 25.0. The fourth-order valence-corrected chi connectivity index (χ4v) is 5.57.